The van der Waals surface area contributed by atoms with E-state index in [9.17, 15) is 9.59 Å². The van der Waals surface area contributed by atoms with Crippen molar-refractivity contribution in [3.63, 3.8) is 0 Å². The SMILES string of the molecule is Cc1ccc(CCC(=O)NC2CCN(C(=O)c3ccc(-n4cccc4)cc3)CC2)cc1. The normalized spacial score (nSPS) is 14.4. The molecule has 2 amide bonds. The second kappa shape index (κ2) is 9.65. The minimum absolute atomic E-state index is 0.0585. The maximum Gasteiger partial charge on any atom is 0.253 e. The number of hydrogen-bond acceptors (Lipinski definition) is 2. The van der Waals surface area contributed by atoms with Crippen molar-refractivity contribution in [2.75, 3.05) is 13.1 Å². The van der Waals surface area contributed by atoms with Crippen LogP contribution in [0.2, 0.25) is 0 Å². The summed E-state index contributed by atoms with van der Waals surface area (Å²) in [7, 11) is 0. The summed E-state index contributed by atoms with van der Waals surface area (Å²) in [6.07, 6.45) is 6.80. The van der Waals surface area contributed by atoms with Crippen molar-refractivity contribution >= 4 is 11.8 Å². The lowest BCUT2D eigenvalue weighted by molar-refractivity contribution is -0.122. The Morgan fingerprint density at radius 2 is 1.58 bits per heavy atom. The molecule has 2 heterocycles. The van der Waals surface area contributed by atoms with Crippen LogP contribution in [0, 0.1) is 6.92 Å². The molecular formula is C26H29N3O2. The molecule has 0 unspecified atom stereocenters. The Balaban J connectivity index is 1.23. The fraction of sp³-hybridized carbons (Fsp3) is 0.308. The predicted octanol–water partition coefficient (Wildman–Crippen LogP) is 4.14. The van der Waals surface area contributed by atoms with Gasteiger partial charge in [0.05, 0.1) is 0 Å². The van der Waals surface area contributed by atoms with Crippen molar-refractivity contribution in [3.05, 3.63) is 89.7 Å². The standard InChI is InChI=1S/C26H29N3O2/c1-20-4-6-21(7-5-20)8-13-25(30)27-23-14-18-29(19-15-23)26(31)22-9-11-24(12-10-22)28-16-2-3-17-28/h2-7,9-12,16-17,23H,8,13-15,18-19H2,1H3,(H,27,30). The number of likely N-dealkylation sites (tertiary alicyclic amines) is 1. The molecule has 3 aromatic rings. The third-order valence-electron chi connectivity index (χ3n) is 5.93. The minimum atomic E-state index is 0.0585. The summed E-state index contributed by atoms with van der Waals surface area (Å²) in [4.78, 5) is 27.1. The van der Waals surface area contributed by atoms with Crippen LogP contribution < -0.4 is 5.32 Å². The summed E-state index contributed by atoms with van der Waals surface area (Å²) >= 11 is 0. The van der Waals surface area contributed by atoms with Crippen molar-refractivity contribution < 1.29 is 9.59 Å². The lowest BCUT2D eigenvalue weighted by atomic mass is 10.0. The monoisotopic (exact) mass is 415 g/mol. The van der Waals surface area contributed by atoms with Crippen molar-refractivity contribution in [3.8, 4) is 5.69 Å². The maximum absolute atomic E-state index is 12.8. The van der Waals surface area contributed by atoms with E-state index >= 15 is 0 Å². The van der Waals surface area contributed by atoms with Crippen LogP contribution in [0.5, 0.6) is 0 Å². The highest BCUT2D eigenvalue weighted by molar-refractivity contribution is 5.94. The van der Waals surface area contributed by atoms with E-state index in [1.54, 1.807) is 0 Å². The highest BCUT2D eigenvalue weighted by Crippen LogP contribution is 2.16. The Labute approximate surface area is 183 Å². The van der Waals surface area contributed by atoms with Gasteiger partial charge in [0.2, 0.25) is 5.91 Å². The largest absolute Gasteiger partial charge is 0.353 e. The van der Waals surface area contributed by atoms with E-state index in [0.29, 0.717) is 25.1 Å². The molecule has 0 atom stereocenters. The molecule has 0 aliphatic carbocycles. The summed E-state index contributed by atoms with van der Waals surface area (Å²) in [6, 6.07) is 20.1. The van der Waals surface area contributed by atoms with Crippen LogP contribution in [0.25, 0.3) is 5.69 Å². The lowest BCUT2D eigenvalue weighted by Crippen LogP contribution is -2.46. The van der Waals surface area contributed by atoms with Crippen LogP contribution in [-0.2, 0) is 11.2 Å². The maximum atomic E-state index is 12.8. The van der Waals surface area contributed by atoms with Gasteiger partial charge in [0.1, 0.15) is 0 Å². The molecule has 1 aliphatic rings. The first kappa shape index (κ1) is 20.9. The first-order valence-electron chi connectivity index (χ1n) is 11.0. The van der Waals surface area contributed by atoms with Crippen molar-refractivity contribution in [2.24, 2.45) is 0 Å². The van der Waals surface area contributed by atoms with E-state index in [0.717, 1.165) is 24.9 Å². The molecule has 160 valence electrons. The van der Waals surface area contributed by atoms with E-state index < -0.39 is 0 Å². The van der Waals surface area contributed by atoms with Crippen molar-refractivity contribution in [1.29, 1.82) is 0 Å². The zero-order valence-corrected chi connectivity index (χ0v) is 18.0. The van der Waals surface area contributed by atoms with E-state index in [2.05, 4.69) is 36.5 Å². The Kier molecular flexibility index (Phi) is 6.51. The van der Waals surface area contributed by atoms with Crippen molar-refractivity contribution in [1.82, 2.24) is 14.8 Å². The highest BCUT2D eigenvalue weighted by atomic mass is 16.2. The quantitative estimate of drug-likeness (QED) is 0.658. The second-order valence-corrected chi connectivity index (χ2v) is 8.26. The van der Waals surface area contributed by atoms with Gasteiger partial charge in [-0.2, -0.15) is 0 Å². The molecule has 31 heavy (non-hydrogen) atoms. The topological polar surface area (TPSA) is 54.3 Å². The van der Waals surface area contributed by atoms with Crippen molar-refractivity contribution in [2.45, 2.75) is 38.6 Å². The Morgan fingerprint density at radius 1 is 0.935 bits per heavy atom. The lowest BCUT2D eigenvalue weighted by Gasteiger charge is -2.32. The van der Waals surface area contributed by atoms with Gasteiger partial charge >= 0.3 is 0 Å². The molecule has 1 N–H and O–H groups in total. The molecule has 0 bridgehead atoms. The molecule has 4 rings (SSSR count). The number of hydrogen-bond donors (Lipinski definition) is 1. The number of nitrogens with one attached hydrogen (secondary N) is 1. The molecule has 1 fully saturated rings. The number of carbonyl (C=O) groups is 2. The molecule has 2 aromatic carbocycles. The minimum Gasteiger partial charge on any atom is -0.353 e. The molecule has 0 spiro atoms. The van der Waals surface area contributed by atoms with Crippen LogP contribution in [0.1, 0.15) is 40.7 Å². The van der Waals surface area contributed by atoms with E-state index in [1.807, 2.05) is 58.3 Å². The number of benzene rings is 2. The van der Waals surface area contributed by atoms with Crippen LogP contribution in [0.3, 0.4) is 0 Å². The summed E-state index contributed by atoms with van der Waals surface area (Å²) in [6.45, 7) is 3.40. The average Bonchev–Trinajstić information content (AvgIpc) is 3.34. The Bertz CT molecular complexity index is 1000. The molecular weight excluding hydrogens is 386 g/mol. The van der Waals surface area contributed by atoms with Gasteiger partial charge in [0, 0.05) is 49.2 Å². The zero-order valence-electron chi connectivity index (χ0n) is 18.0. The number of carbonyl (C=O) groups excluding carboxylic acids is 2. The van der Waals surface area contributed by atoms with E-state index in [1.165, 1.54) is 11.1 Å². The molecule has 1 saturated heterocycles. The number of aryl methyl sites for hydroxylation is 2. The highest BCUT2D eigenvalue weighted by Gasteiger charge is 2.24. The van der Waals surface area contributed by atoms with Crippen LogP contribution >= 0.6 is 0 Å². The third-order valence-corrected chi connectivity index (χ3v) is 5.93. The van der Waals surface area contributed by atoms with Gasteiger partial charge in [-0.05, 0) is 68.1 Å². The molecule has 1 aromatic heterocycles. The fourth-order valence-electron chi connectivity index (χ4n) is 4.00. The summed E-state index contributed by atoms with van der Waals surface area (Å²) in [5.41, 5.74) is 4.15. The molecule has 1 aliphatic heterocycles. The Morgan fingerprint density at radius 3 is 2.23 bits per heavy atom. The molecule has 5 nitrogen and oxygen atoms in total. The fourth-order valence-corrected chi connectivity index (χ4v) is 4.00. The van der Waals surface area contributed by atoms with Gasteiger partial charge in [0.15, 0.2) is 0 Å². The van der Waals surface area contributed by atoms with Gasteiger partial charge in [-0.25, -0.2) is 0 Å². The predicted molar refractivity (Wildman–Crippen MR) is 122 cm³/mol. The first-order chi connectivity index (χ1) is 15.1. The summed E-state index contributed by atoms with van der Waals surface area (Å²) in [5.74, 6) is 0.147. The number of aromatic nitrogens is 1. The Hall–Kier alpha value is -3.34. The zero-order chi connectivity index (χ0) is 21.6. The van der Waals surface area contributed by atoms with Gasteiger partial charge in [-0.1, -0.05) is 29.8 Å². The van der Waals surface area contributed by atoms with E-state index in [4.69, 9.17) is 0 Å². The number of amides is 2. The van der Waals surface area contributed by atoms with Gasteiger partial charge in [0.25, 0.3) is 5.91 Å². The second-order valence-electron chi connectivity index (χ2n) is 8.26. The average molecular weight is 416 g/mol. The van der Waals surface area contributed by atoms with Gasteiger partial charge in [-0.3, -0.25) is 9.59 Å². The molecule has 0 saturated carbocycles. The van der Waals surface area contributed by atoms with Gasteiger partial charge < -0.3 is 14.8 Å². The summed E-state index contributed by atoms with van der Waals surface area (Å²) < 4.78 is 2.02. The van der Waals surface area contributed by atoms with Crippen LogP contribution in [-0.4, -0.2) is 40.4 Å². The smallest absolute Gasteiger partial charge is 0.253 e. The first-order valence-corrected chi connectivity index (χ1v) is 11.0. The molecule has 0 radical (unpaired) electrons. The molecule has 5 heteroatoms. The summed E-state index contributed by atoms with van der Waals surface area (Å²) in [5, 5.41) is 3.14. The third kappa shape index (κ3) is 5.43. The van der Waals surface area contributed by atoms with E-state index in [-0.39, 0.29) is 17.9 Å². The number of nitrogens with zero attached hydrogens (tertiary/aromatic N) is 2. The number of piperidine rings is 1. The van der Waals surface area contributed by atoms with Gasteiger partial charge in [-0.15, -0.1) is 0 Å². The van der Waals surface area contributed by atoms with Crippen LogP contribution in [0.4, 0.5) is 0 Å². The number of rotatable bonds is 6. The van der Waals surface area contributed by atoms with Crippen LogP contribution in [0.15, 0.2) is 73.1 Å².